The molecule has 1 aromatic carbocycles. The van der Waals surface area contributed by atoms with Crippen molar-refractivity contribution in [2.75, 3.05) is 59.4 Å². The van der Waals surface area contributed by atoms with Crippen molar-refractivity contribution in [1.82, 2.24) is 20.2 Å². The lowest BCUT2D eigenvalue weighted by Crippen LogP contribution is -2.48. The van der Waals surface area contributed by atoms with E-state index >= 15 is 0 Å². The van der Waals surface area contributed by atoms with Gasteiger partial charge in [0.25, 0.3) is 0 Å². The number of amides is 1. The minimum Gasteiger partial charge on any atom is -0.493 e. The first-order valence-corrected chi connectivity index (χ1v) is 15.1. The number of methoxy groups -OCH3 is 2. The molecular weight excluding hydrogens is 591 g/mol. The summed E-state index contributed by atoms with van der Waals surface area (Å²) in [6, 6.07) is 3.46. The number of carbonyl (C=O) groups is 2. The Kier molecular flexibility index (Phi) is 11.5. The van der Waals surface area contributed by atoms with E-state index in [2.05, 4.69) is 20.2 Å². The Hall–Kier alpha value is -2.57. The van der Waals surface area contributed by atoms with Crippen LogP contribution >= 0.6 is 35.0 Å². The lowest BCUT2D eigenvalue weighted by atomic mass is 9.99. The highest BCUT2D eigenvalue weighted by atomic mass is 35.5. The zero-order valence-corrected chi connectivity index (χ0v) is 25.6. The van der Waals surface area contributed by atoms with E-state index in [1.807, 2.05) is 12.2 Å². The number of benzene rings is 1. The lowest BCUT2D eigenvalue weighted by Gasteiger charge is -2.35. The number of hydrogen-bond acceptors (Lipinski definition) is 10. The Balaban J connectivity index is 1.34. The highest BCUT2D eigenvalue weighted by Crippen LogP contribution is 2.34. The van der Waals surface area contributed by atoms with Gasteiger partial charge in [-0.2, -0.15) is 0 Å². The van der Waals surface area contributed by atoms with Crippen LogP contribution in [0.25, 0.3) is 10.9 Å². The third-order valence-electron chi connectivity index (χ3n) is 6.66. The minimum absolute atomic E-state index is 0.0379. The molecule has 1 amide bonds. The van der Waals surface area contributed by atoms with Crippen molar-refractivity contribution in [3.63, 3.8) is 0 Å². The molecule has 0 saturated carbocycles. The number of fused-ring (bicyclic) bond motifs is 1. The number of carbonyl (C=O) groups excluding carboxylic acids is 2. The van der Waals surface area contributed by atoms with Crippen molar-refractivity contribution in [3.05, 3.63) is 40.0 Å². The number of rotatable bonds is 12. The van der Waals surface area contributed by atoms with Gasteiger partial charge in [-0.15, -0.1) is 0 Å². The molecule has 1 aliphatic carbocycles. The maximum atomic E-state index is 12.7. The number of halogens is 2. The van der Waals surface area contributed by atoms with Crippen LogP contribution in [0.4, 0.5) is 0 Å². The summed E-state index contributed by atoms with van der Waals surface area (Å²) in [4.78, 5) is 36.5. The summed E-state index contributed by atoms with van der Waals surface area (Å²) in [6.07, 6.45) is 4.66. The summed E-state index contributed by atoms with van der Waals surface area (Å²) in [5.74, 6) is 0.829. The molecule has 2 heterocycles. The number of morpholine rings is 1. The highest BCUT2D eigenvalue weighted by Gasteiger charge is 2.24. The molecule has 1 fully saturated rings. The first kappa shape index (κ1) is 31.4. The maximum absolute atomic E-state index is 12.7. The number of esters is 1. The van der Waals surface area contributed by atoms with Crippen LogP contribution in [0.15, 0.2) is 39.5 Å². The second kappa shape index (κ2) is 15.1. The molecule has 1 aromatic heterocycles. The van der Waals surface area contributed by atoms with E-state index in [1.165, 1.54) is 26.0 Å². The van der Waals surface area contributed by atoms with Crippen LogP contribution in [-0.4, -0.2) is 92.2 Å². The molecule has 10 nitrogen and oxygen atoms in total. The Labute approximate surface area is 253 Å². The largest absolute Gasteiger partial charge is 0.493 e. The summed E-state index contributed by atoms with van der Waals surface area (Å²) in [6.45, 7) is 5.39. The van der Waals surface area contributed by atoms with Crippen LogP contribution in [0.3, 0.4) is 0 Å². The molecule has 0 radical (unpaired) electrons. The molecule has 2 aliphatic rings. The fraction of sp³-hybridized carbons (Fsp3) is 0.500. The SMILES string of the molecule is CCOC(=O)Cc1nc(SCC(=O)NC[C@H]2CN(CC3C=C(Cl)C(Cl)=CC3)CCO2)nc2cc(OC)c(OC)cc12. The van der Waals surface area contributed by atoms with Gasteiger partial charge in [-0.1, -0.05) is 47.1 Å². The molecular formula is C28H34Cl2N4O6S. The molecule has 0 bridgehead atoms. The Morgan fingerprint density at radius 1 is 1.17 bits per heavy atom. The topological polar surface area (TPSA) is 112 Å². The Bertz CT molecular complexity index is 1320. The van der Waals surface area contributed by atoms with Crippen LogP contribution in [0.5, 0.6) is 11.5 Å². The van der Waals surface area contributed by atoms with E-state index in [4.69, 9.17) is 42.1 Å². The average Bonchev–Trinajstić information content (AvgIpc) is 2.96. The van der Waals surface area contributed by atoms with Gasteiger partial charge in [0.1, 0.15) is 0 Å². The smallest absolute Gasteiger partial charge is 0.311 e. The van der Waals surface area contributed by atoms with E-state index in [0.29, 0.717) is 68.9 Å². The zero-order valence-electron chi connectivity index (χ0n) is 23.3. The molecule has 2 aromatic rings. The van der Waals surface area contributed by atoms with Gasteiger partial charge in [0, 0.05) is 37.6 Å². The highest BCUT2D eigenvalue weighted by molar-refractivity contribution is 7.99. The number of hydrogen-bond donors (Lipinski definition) is 1. The van der Waals surface area contributed by atoms with E-state index in [1.54, 1.807) is 19.1 Å². The van der Waals surface area contributed by atoms with Gasteiger partial charge in [0.2, 0.25) is 5.91 Å². The van der Waals surface area contributed by atoms with Crippen molar-refractivity contribution >= 4 is 57.7 Å². The molecule has 1 aliphatic heterocycles. The molecule has 2 atom stereocenters. The van der Waals surface area contributed by atoms with E-state index in [0.717, 1.165) is 19.5 Å². The summed E-state index contributed by atoms with van der Waals surface area (Å²) in [5.41, 5.74) is 1.06. The van der Waals surface area contributed by atoms with Crippen LogP contribution in [0.1, 0.15) is 19.0 Å². The second-order valence-electron chi connectivity index (χ2n) is 9.57. The van der Waals surface area contributed by atoms with Gasteiger partial charge < -0.3 is 24.3 Å². The number of nitrogens with one attached hydrogen (secondary N) is 1. The van der Waals surface area contributed by atoms with Crippen LogP contribution in [-0.2, 0) is 25.5 Å². The van der Waals surface area contributed by atoms with Gasteiger partial charge in [-0.05, 0) is 25.3 Å². The fourth-order valence-electron chi connectivity index (χ4n) is 4.69. The van der Waals surface area contributed by atoms with Crippen LogP contribution in [0, 0.1) is 5.92 Å². The van der Waals surface area contributed by atoms with E-state index in [-0.39, 0.29) is 30.8 Å². The number of thioether (sulfide) groups is 1. The molecule has 41 heavy (non-hydrogen) atoms. The lowest BCUT2D eigenvalue weighted by molar-refractivity contribution is -0.142. The third kappa shape index (κ3) is 8.71. The first-order valence-electron chi connectivity index (χ1n) is 13.3. The molecule has 4 rings (SSSR count). The predicted molar refractivity (Wildman–Crippen MR) is 159 cm³/mol. The van der Waals surface area contributed by atoms with Crippen molar-refractivity contribution in [2.45, 2.75) is 31.0 Å². The van der Waals surface area contributed by atoms with Gasteiger partial charge in [-0.3, -0.25) is 14.5 Å². The number of aromatic nitrogens is 2. The summed E-state index contributed by atoms with van der Waals surface area (Å²) in [7, 11) is 3.07. The first-order chi connectivity index (χ1) is 19.8. The molecule has 1 N–H and O–H groups in total. The number of nitrogens with zero attached hydrogens (tertiary/aromatic N) is 3. The number of ether oxygens (including phenoxy) is 4. The van der Waals surface area contributed by atoms with E-state index < -0.39 is 5.97 Å². The molecule has 13 heteroatoms. The Morgan fingerprint density at radius 2 is 1.95 bits per heavy atom. The summed E-state index contributed by atoms with van der Waals surface area (Å²) < 4.78 is 21.8. The minimum atomic E-state index is -0.402. The maximum Gasteiger partial charge on any atom is 0.311 e. The molecule has 1 saturated heterocycles. The van der Waals surface area contributed by atoms with Crippen LogP contribution < -0.4 is 14.8 Å². The van der Waals surface area contributed by atoms with Crippen molar-refractivity contribution in [2.24, 2.45) is 5.92 Å². The van der Waals surface area contributed by atoms with E-state index in [9.17, 15) is 9.59 Å². The fourth-order valence-corrected chi connectivity index (χ4v) is 5.80. The van der Waals surface area contributed by atoms with Gasteiger partial charge in [0.05, 0.1) is 67.0 Å². The predicted octanol–water partition coefficient (Wildman–Crippen LogP) is 3.93. The standard InChI is InChI=1S/C28H34Cl2N4O6S/c1-4-39-27(36)12-23-19-10-24(37-2)25(38-3)11-22(19)32-28(33-23)41-16-26(35)31-13-18-15-34(7-8-40-18)14-17-5-6-20(29)21(30)9-17/h6,9-11,17-18H,4-5,7-8,12-16H2,1-3H3,(H,31,35)/t17?,18-/m0/s1. The number of allylic oxidation sites excluding steroid dienone is 3. The quantitative estimate of drug-likeness (QED) is 0.212. The average molecular weight is 626 g/mol. The second-order valence-corrected chi connectivity index (χ2v) is 11.3. The van der Waals surface area contributed by atoms with Crippen LogP contribution in [0.2, 0.25) is 0 Å². The van der Waals surface area contributed by atoms with Crippen molar-refractivity contribution in [3.8, 4) is 11.5 Å². The van der Waals surface area contributed by atoms with Gasteiger partial charge in [-0.25, -0.2) is 9.97 Å². The normalized spacial score (nSPS) is 19.3. The molecule has 1 unspecified atom stereocenters. The summed E-state index contributed by atoms with van der Waals surface area (Å²) in [5, 5.41) is 5.17. The van der Waals surface area contributed by atoms with Crippen molar-refractivity contribution < 1.29 is 28.5 Å². The van der Waals surface area contributed by atoms with Gasteiger partial charge >= 0.3 is 5.97 Å². The summed E-state index contributed by atoms with van der Waals surface area (Å²) >= 11 is 13.5. The molecule has 222 valence electrons. The third-order valence-corrected chi connectivity index (χ3v) is 8.29. The Morgan fingerprint density at radius 3 is 2.68 bits per heavy atom. The molecule has 0 spiro atoms. The van der Waals surface area contributed by atoms with Crippen molar-refractivity contribution in [1.29, 1.82) is 0 Å². The monoisotopic (exact) mass is 624 g/mol. The zero-order chi connectivity index (χ0) is 29.4. The van der Waals surface area contributed by atoms with Gasteiger partial charge in [0.15, 0.2) is 16.7 Å².